The molecule has 2 amide bonds. The predicted octanol–water partition coefficient (Wildman–Crippen LogP) is 1.42. The number of aliphatic carboxylic acids is 1. The highest BCUT2D eigenvalue weighted by Gasteiger charge is 2.29. The first kappa shape index (κ1) is 24.2. The number of aliphatic hydroxyl groups excluding tert-OH is 1. The third-order valence-corrected chi connectivity index (χ3v) is 5.16. The molecule has 2 unspecified atom stereocenters. The van der Waals surface area contributed by atoms with Crippen LogP contribution in [0.4, 0.5) is 4.79 Å². The molecule has 3 rings (SSSR count). The van der Waals surface area contributed by atoms with Crippen LogP contribution in [-0.4, -0.2) is 67.3 Å². The Kier molecular flexibility index (Phi) is 8.36. The van der Waals surface area contributed by atoms with E-state index in [1.54, 1.807) is 0 Å². The first-order valence-electron chi connectivity index (χ1n) is 10.3. The minimum absolute atomic E-state index is 0.0923. The van der Waals surface area contributed by atoms with Gasteiger partial charge in [-0.1, -0.05) is 48.5 Å². The van der Waals surface area contributed by atoms with Crippen LogP contribution in [0.25, 0.3) is 11.1 Å². The lowest BCUT2D eigenvalue weighted by atomic mass is 9.98. The van der Waals surface area contributed by atoms with E-state index in [9.17, 15) is 19.5 Å². The summed E-state index contributed by atoms with van der Waals surface area (Å²) in [5.41, 5.74) is 6.33. The Hall–Kier alpha value is -3.47. The molecule has 0 saturated carbocycles. The second-order valence-electron chi connectivity index (χ2n) is 7.49. The Balaban J connectivity index is 1.43. The molecule has 0 fully saturated rings. The van der Waals surface area contributed by atoms with Gasteiger partial charge < -0.3 is 25.0 Å². The van der Waals surface area contributed by atoms with Crippen LogP contribution in [0.15, 0.2) is 48.5 Å². The van der Waals surface area contributed by atoms with E-state index >= 15 is 0 Å². The third kappa shape index (κ3) is 6.28. The van der Waals surface area contributed by atoms with Crippen LogP contribution < -0.4 is 10.8 Å². The topological polar surface area (TPSA) is 143 Å². The Morgan fingerprint density at radius 1 is 1.03 bits per heavy atom. The van der Waals surface area contributed by atoms with Gasteiger partial charge in [-0.3, -0.25) is 9.63 Å². The van der Waals surface area contributed by atoms with Gasteiger partial charge in [0.2, 0.25) is 12.0 Å². The number of carboxylic acid groups (broad SMARTS) is 1. The van der Waals surface area contributed by atoms with Gasteiger partial charge in [-0.15, -0.1) is 0 Å². The zero-order valence-corrected chi connectivity index (χ0v) is 18.0. The lowest BCUT2D eigenvalue weighted by Crippen LogP contribution is -2.40. The van der Waals surface area contributed by atoms with E-state index in [1.807, 2.05) is 54.0 Å². The lowest BCUT2D eigenvalue weighted by molar-refractivity contribution is -0.165. The van der Waals surface area contributed by atoms with Gasteiger partial charge in [-0.05, 0) is 22.3 Å². The summed E-state index contributed by atoms with van der Waals surface area (Å²) in [5.74, 6) is -2.15. The summed E-state index contributed by atoms with van der Waals surface area (Å²) in [6, 6.07) is 15.9. The van der Waals surface area contributed by atoms with E-state index < -0.39 is 36.6 Å². The summed E-state index contributed by atoms with van der Waals surface area (Å²) in [5, 5.41) is 21.3. The van der Waals surface area contributed by atoms with Gasteiger partial charge in [0, 0.05) is 19.6 Å². The van der Waals surface area contributed by atoms with Crippen molar-refractivity contribution in [3.8, 4) is 11.1 Å². The Bertz CT molecular complexity index is 950. The van der Waals surface area contributed by atoms with Crippen molar-refractivity contribution >= 4 is 18.0 Å². The van der Waals surface area contributed by atoms with Crippen LogP contribution in [0.3, 0.4) is 0 Å². The molecule has 0 heterocycles. The van der Waals surface area contributed by atoms with Crippen molar-refractivity contribution in [1.82, 2.24) is 10.8 Å². The van der Waals surface area contributed by atoms with Crippen LogP contribution in [-0.2, 0) is 23.9 Å². The van der Waals surface area contributed by atoms with Crippen molar-refractivity contribution < 1.29 is 38.9 Å². The number of nitrogens with one attached hydrogen (secondary N) is 2. The fourth-order valence-electron chi connectivity index (χ4n) is 3.62. The van der Waals surface area contributed by atoms with Gasteiger partial charge in [-0.25, -0.2) is 15.1 Å². The number of methoxy groups -OCH3 is 1. The molecule has 0 saturated heterocycles. The van der Waals surface area contributed by atoms with Crippen molar-refractivity contribution in [3.05, 3.63) is 59.7 Å². The highest BCUT2D eigenvalue weighted by molar-refractivity contribution is 5.79. The minimum atomic E-state index is -1.38. The van der Waals surface area contributed by atoms with E-state index in [-0.39, 0.29) is 25.7 Å². The van der Waals surface area contributed by atoms with Crippen LogP contribution >= 0.6 is 0 Å². The summed E-state index contributed by atoms with van der Waals surface area (Å²) in [4.78, 5) is 39.6. The quantitative estimate of drug-likeness (QED) is 0.370. The molecular weight excluding hydrogens is 432 g/mol. The molecule has 0 bridgehead atoms. The van der Waals surface area contributed by atoms with E-state index in [1.165, 1.54) is 7.11 Å². The summed E-state index contributed by atoms with van der Waals surface area (Å²) in [6.45, 7) is -0.369. The average Bonchev–Trinajstić information content (AvgIpc) is 3.12. The standard InChI is InChI=1S/C23H26N2O8/c1-31-13-20(22(28)29)33-25-21(27)10-14(26)11-24-23(30)32-12-19-17-8-4-2-6-15(17)16-7-3-5-9-18(16)19/h2-9,14,19-20,26H,10-13H2,1H3,(H,24,30)(H,25,27)(H,28,29). The Morgan fingerprint density at radius 3 is 2.21 bits per heavy atom. The van der Waals surface area contributed by atoms with Crippen molar-refractivity contribution in [2.45, 2.75) is 24.5 Å². The molecule has 1 aliphatic carbocycles. The van der Waals surface area contributed by atoms with E-state index in [0.29, 0.717) is 0 Å². The Morgan fingerprint density at radius 2 is 1.64 bits per heavy atom. The second-order valence-corrected chi connectivity index (χ2v) is 7.49. The summed E-state index contributed by atoms with van der Waals surface area (Å²) < 4.78 is 10.0. The average molecular weight is 458 g/mol. The smallest absolute Gasteiger partial charge is 0.407 e. The Labute approximate surface area is 190 Å². The largest absolute Gasteiger partial charge is 0.479 e. The maximum absolute atomic E-state index is 12.1. The van der Waals surface area contributed by atoms with Crippen LogP contribution in [0.1, 0.15) is 23.5 Å². The number of hydrogen-bond donors (Lipinski definition) is 4. The number of hydrogen-bond acceptors (Lipinski definition) is 7. The molecule has 10 nitrogen and oxygen atoms in total. The molecule has 0 aliphatic heterocycles. The number of carbonyl (C=O) groups is 3. The highest BCUT2D eigenvalue weighted by atomic mass is 16.7. The van der Waals surface area contributed by atoms with E-state index in [2.05, 4.69) is 10.1 Å². The number of aliphatic hydroxyl groups is 1. The summed E-state index contributed by atoms with van der Waals surface area (Å²) in [7, 11) is 1.29. The molecule has 0 aromatic heterocycles. The number of rotatable bonds is 11. The second kappa shape index (κ2) is 11.4. The van der Waals surface area contributed by atoms with Crippen molar-refractivity contribution in [2.24, 2.45) is 0 Å². The number of hydroxylamine groups is 1. The number of alkyl carbamates (subject to hydrolysis) is 1. The molecule has 2 aromatic rings. The lowest BCUT2D eigenvalue weighted by Gasteiger charge is -2.16. The minimum Gasteiger partial charge on any atom is -0.479 e. The fourth-order valence-corrected chi connectivity index (χ4v) is 3.62. The van der Waals surface area contributed by atoms with Gasteiger partial charge in [-0.2, -0.15) is 0 Å². The number of ether oxygens (including phenoxy) is 2. The van der Waals surface area contributed by atoms with Crippen LogP contribution in [0, 0.1) is 0 Å². The molecule has 2 atom stereocenters. The van der Waals surface area contributed by atoms with Gasteiger partial charge in [0.25, 0.3) is 0 Å². The molecule has 33 heavy (non-hydrogen) atoms. The van der Waals surface area contributed by atoms with Gasteiger partial charge in [0.1, 0.15) is 6.61 Å². The van der Waals surface area contributed by atoms with Gasteiger partial charge >= 0.3 is 12.1 Å². The summed E-state index contributed by atoms with van der Waals surface area (Å²) in [6.07, 6.45) is -3.74. The molecule has 2 aromatic carbocycles. The molecular formula is C23H26N2O8. The molecule has 1 aliphatic rings. The van der Waals surface area contributed by atoms with Gasteiger partial charge in [0.15, 0.2) is 0 Å². The van der Waals surface area contributed by atoms with Crippen molar-refractivity contribution in [2.75, 3.05) is 26.9 Å². The van der Waals surface area contributed by atoms with Crippen LogP contribution in [0.5, 0.6) is 0 Å². The first-order chi connectivity index (χ1) is 15.9. The normalized spacial score (nSPS) is 14.0. The zero-order valence-electron chi connectivity index (χ0n) is 18.0. The fraction of sp³-hybridized carbons (Fsp3) is 0.348. The molecule has 0 spiro atoms. The summed E-state index contributed by atoms with van der Waals surface area (Å²) >= 11 is 0. The molecule has 0 radical (unpaired) electrons. The molecule has 4 N–H and O–H groups in total. The number of carboxylic acids is 1. The molecule has 176 valence electrons. The maximum atomic E-state index is 12.1. The van der Waals surface area contributed by atoms with Crippen molar-refractivity contribution in [3.63, 3.8) is 0 Å². The van der Waals surface area contributed by atoms with Crippen molar-refractivity contribution in [1.29, 1.82) is 0 Å². The monoisotopic (exact) mass is 458 g/mol. The highest BCUT2D eigenvalue weighted by Crippen LogP contribution is 2.44. The van der Waals surface area contributed by atoms with Gasteiger partial charge in [0.05, 0.1) is 19.1 Å². The molecule has 10 heteroatoms. The van der Waals surface area contributed by atoms with E-state index in [4.69, 9.17) is 14.7 Å². The number of benzene rings is 2. The third-order valence-electron chi connectivity index (χ3n) is 5.16. The SMILES string of the molecule is COCC(ONC(=O)CC(O)CNC(=O)OCC1c2ccccc2-c2ccccc21)C(=O)O. The maximum Gasteiger partial charge on any atom is 0.407 e. The number of carbonyl (C=O) groups excluding carboxylic acids is 2. The van der Waals surface area contributed by atoms with E-state index in [0.717, 1.165) is 22.3 Å². The van der Waals surface area contributed by atoms with Crippen LogP contribution in [0.2, 0.25) is 0 Å². The zero-order chi connectivity index (χ0) is 23.8. The number of fused-ring (bicyclic) bond motifs is 3. The first-order valence-corrected chi connectivity index (χ1v) is 10.3. The number of amides is 2. The predicted molar refractivity (Wildman–Crippen MR) is 116 cm³/mol.